The van der Waals surface area contributed by atoms with Crippen LogP contribution in [0.3, 0.4) is 0 Å². The number of ether oxygens (including phenoxy) is 2. The molecule has 0 fully saturated rings. The number of hydrogen-bond donors (Lipinski definition) is 3. The van der Waals surface area contributed by atoms with Crippen molar-refractivity contribution in [1.82, 2.24) is 19.9 Å². The zero-order chi connectivity index (χ0) is 32.1. The number of nitrogens with one attached hydrogen (secondary N) is 2. The Balaban J connectivity index is 1.48. The summed E-state index contributed by atoms with van der Waals surface area (Å²) in [6, 6.07) is 16.1. The molecule has 3 N–H and O–H groups in total. The number of benzene rings is 2. The average molecular weight is 636 g/mol. The lowest BCUT2D eigenvalue weighted by Crippen LogP contribution is -2.43. The Morgan fingerprint density at radius 2 is 1.77 bits per heavy atom. The number of fused-ring (bicyclic) bond motifs is 1. The predicted molar refractivity (Wildman–Crippen MR) is 151 cm³/mol. The Hall–Kier alpha value is -4.70. The Bertz CT molecular complexity index is 1750. The summed E-state index contributed by atoms with van der Waals surface area (Å²) in [7, 11) is -3.99. The Morgan fingerprint density at radius 1 is 1.05 bits per heavy atom. The molecule has 1 atom stereocenters. The topological polar surface area (TPSA) is 162 Å². The first-order chi connectivity index (χ1) is 20.6. The summed E-state index contributed by atoms with van der Waals surface area (Å²) in [6.07, 6.45) is -6.23. The molecule has 0 bridgehead atoms. The van der Waals surface area contributed by atoms with Crippen LogP contribution < -0.4 is 14.8 Å². The molecule has 16 heteroatoms. The Labute approximate surface area is 249 Å². The average Bonchev–Trinajstić information content (AvgIpc) is 3.36. The lowest BCUT2D eigenvalue weighted by molar-refractivity contribution is -0.205. The number of aromatic nitrogens is 3. The highest BCUT2D eigenvalue weighted by Gasteiger charge is 2.42. The highest BCUT2D eigenvalue weighted by atomic mass is 32.2. The number of pyridine rings is 1. The van der Waals surface area contributed by atoms with Gasteiger partial charge in [0.25, 0.3) is 10.0 Å². The van der Waals surface area contributed by atoms with Gasteiger partial charge in [-0.1, -0.05) is 30.3 Å². The second-order valence-electron chi connectivity index (χ2n) is 10.2. The molecule has 4 aromatic rings. The number of nitrogens with zero attached hydrogens (tertiary/aromatic N) is 3. The van der Waals surface area contributed by atoms with Crippen molar-refractivity contribution in [2.24, 2.45) is 0 Å². The van der Waals surface area contributed by atoms with E-state index in [4.69, 9.17) is 9.84 Å². The quantitative estimate of drug-likeness (QED) is 0.183. The van der Waals surface area contributed by atoms with Gasteiger partial charge in [0.2, 0.25) is 5.88 Å². The minimum atomic E-state index is -5.24. The number of rotatable bonds is 12. The van der Waals surface area contributed by atoms with E-state index in [9.17, 15) is 31.2 Å². The number of anilines is 1. The van der Waals surface area contributed by atoms with E-state index in [0.717, 1.165) is 0 Å². The lowest BCUT2D eigenvalue weighted by Gasteiger charge is -2.30. The number of esters is 1. The van der Waals surface area contributed by atoms with Gasteiger partial charge in [-0.3, -0.25) is 4.72 Å². The van der Waals surface area contributed by atoms with Crippen LogP contribution in [-0.2, 0) is 26.1 Å². The molecule has 234 valence electrons. The minimum absolute atomic E-state index is 0.00986. The molecule has 2 aromatic heterocycles. The van der Waals surface area contributed by atoms with Crippen molar-refractivity contribution < 1.29 is 45.8 Å². The third-order valence-corrected chi connectivity index (χ3v) is 7.84. The molecule has 2 heterocycles. The van der Waals surface area contributed by atoms with Gasteiger partial charge >= 0.3 is 18.3 Å². The maximum absolute atomic E-state index is 13.1. The fourth-order valence-electron chi connectivity index (χ4n) is 4.15. The number of sulfonamides is 1. The van der Waals surface area contributed by atoms with Gasteiger partial charge in [0.15, 0.2) is 5.65 Å². The molecule has 0 amide bonds. The van der Waals surface area contributed by atoms with E-state index < -0.39 is 40.0 Å². The molecule has 4 rings (SSSR count). The van der Waals surface area contributed by atoms with Crippen LogP contribution in [0.25, 0.3) is 11.2 Å². The van der Waals surface area contributed by atoms with Gasteiger partial charge in [-0.2, -0.15) is 18.2 Å². The van der Waals surface area contributed by atoms with E-state index in [1.165, 1.54) is 48.8 Å². The monoisotopic (exact) mass is 635 g/mol. The van der Waals surface area contributed by atoms with Crippen LogP contribution in [0.2, 0.25) is 0 Å². The number of carboxylic acid groups (broad SMARTS) is 1. The van der Waals surface area contributed by atoms with Crippen molar-refractivity contribution in [3.05, 3.63) is 78.6 Å². The maximum Gasteiger partial charge on any atom is 0.512 e. The maximum atomic E-state index is 13.1. The Morgan fingerprint density at radius 3 is 2.45 bits per heavy atom. The lowest BCUT2D eigenvalue weighted by atomic mass is 9.99. The van der Waals surface area contributed by atoms with Crippen molar-refractivity contribution in [2.75, 3.05) is 11.3 Å². The molecule has 0 saturated carbocycles. The van der Waals surface area contributed by atoms with Crippen LogP contribution >= 0.6 is 0 Å². The largest absolute Gasteiger partial charge is 0.512 e. The number of carbonyl (C=O) groups is 2. The minimum Gasteiger partial charge on any atom is -0.449 e. The number of carbonyl (C=O) groups excluding carboxylic acids is 1. The number of hydrogen-bond acceptors (Lipinski definition) is 9. The predicted octanol–water partition coefficient (Wildman–Crippen LogP) is 4.89. The third kappa shape index (κ3) is 8.44. The zero-order valence-corrected chi connectivity index (χ0v) is 24.2. The smallest absolute Gasteiger partial charge is 0.449 e. The molecule has 0 aliphatic heterocycles. The Kier molecular flexibility index (Phi) is 9.44. The normalized spacial score (nSPS) is 12.9. The fraction of sp³-hybridized carbons (Fsp3) is 0.286. The highest BCUT2D eigenvalue weighted by Crippen LogP contribution is 2.27. The van der Waals surface area contributed by atoms with E-state index in [-0.39, 0.29) is 34.2 Å². The first kappa shape index (κ1) is 32.2. The van der Waals surface area contributed by atoms with Gasteiger partial charge in [0, 0.05) is 30.4 Å². The van der Waals surface area contributed by atoms with E-state index in [2.05, 4.69) is 24.7 Å². The second-order valence-corrected chi connectivity index (χ2v) is 11.9. The van der Waals surface area contributed by atoms with Crippen LogP contribution in [0.15, 0.2) is 78.0 Å². The number of alkyl halides is 3. The molecule has 12 nitrogen and oxygen atoms in total. The van der Waals surface area contributed by atoms with E-state index >= 15 is 0 Å². The van der Waals surface area contributed by atoms with E-state index in [0.29, 0.717) is 18.5 Å². The SMILES string of the molecule is CC(C)(CCn1cnc2nc(OC(=O)O)ccc21)NCC(OC(=O)C(F)(F)F)c1cccc(NS(=O)(=O)c2ccccc2)c1. The van der Waals surface area contributed by atoms with E-state index in [1.54, 1.807) is 42.7 Å². The fourth-order valence-corrected chi connectivity index (χ4v) is 5.22. The molecule has 0 spiro atoms. The molecular weight excluding hydrogens is 607 g/mol. The summed E-state index contributed by atoms with van der Waals surface area (Å²) >= 11 is 0. The number of aryl methyl sites for hydroxylation is 1. The van der Waals surface area contributed by atoms with Crippen LogP contribution in [-0.4, -0.2) is 58.4 Å². The molecule has 1 unspecified atom stereocenters. The first-order valence-electron chi connectivity index (χ1n) is 13.1. The standard InChI is InChI=1S/C28H28F3N5O7S/c1-27(2,13-14-36-17-32-24-21(36)11-12-23(34-24)43-26(38)39)33-16-22(42-25(37)28(29,30)31)18-7-6-8-19(15-18)35-44(40,41)20-9-4-3-5-10-20/h3-12,15,17,22,33,35H,13-14,16H2,1-2H3,(H,38,39). The zero-order valence-electron chi connectivity index (χ0n) is 23.4. The number of halogens is 3. The van der Waals surface area contributed by atoms with Crippen molar-refractivity contribution in [3.63, 3.8) is 0 Å². The third-order valence-electron chi connectivity index (χ3n) is 6.44. The first-order valence-corrected chi connectivity index (χ1v) is 14.5. The summed E-state index contributed by atoms with van der Waals surface area (Å²) in [4.78, 5) is 30.7. The molecular formula is C28H28F3N5O7S. The molecule has 0 saturated heterocycles. The molecule has 0 aliphatic carbocycles. The van der Waals surface area contributed by atoms with Crippen molar-refractivity contribution in [3.8, 4) is 5.88 Å². The number of imidazole rings is 1. The molecule has 0 aliphatic rings. The van der Waals surface area contributed by atoms with Crippen LogP contribution in [0.5, 0.6) is 5.88 Å². The van der Waals surface area contributed by atoms with Gasteiger partial charge in [-0.05, 0) is 56.2 Å². The van der Waals surface area contributed by atoms with Crippen LogP contribution in [0.1, 0.15) is 31.9 Å². The second kappa shape index (κ2) is 12.9. The van der Waals surface area contributed by atoms with Gasteiger partial charge < -0.3 is 24.5 Å². The summed E-state index contributed by atoms with van der Waals surface area (Å²) in [6.45, 7) is 3.76. The van der Waals surface area contributed by atoms with Gasteiger partial charge in [0.05, 0.1) is 16.7 Å². The summed E-state index contributed by atoms with van der Waals surface area (Å²) in [5.74, 6) is -2.52. The van der Waals surface area contributed by atoms with Gasteiger partial charge in [-0.15, -0.1) is 0 Å². The van der Waals surface area contributed by atoms with Gasteiger partial charge in [0.1, 0.15) is 6.10 Å². The van der Waals surface area contributed by atoms with E-state index in [1.807, 2.05) is 0 Å². The van der Waals surface area contributed by atoms with Crippen LogP contribution in [0, 0.1) is 0 Å². The van der Waals surface area contributed by atoms with Gasteiger partial charge in [-0.25, -0.2) is 23.0 Å². The molecule has 0 radical (unpaired) electrons. The van der Waals surface area contributed by atoms with Crippen molar-refractivity contribution in [2.45, 2.75) is 49.5 Å². The summed E-state index contributed by atoms with van der Waals surface area (Å²) in [5.41, 5.74) is 0.356. The van der Waals surface area contributed by atoms with Crippen molar-refractivity contribution >= 4 is 39.0 Å². The highest BCUT2D eigenvalue weighted by molar-refractivity contribution is 7.92. The molecule has 44 heavy (non-hydrogen) atoms. The van der Waals surface area contributed by atoms with Crippen molar-refractivity contribution in [1.29, 1.82) is 0 Å². The summed E-state index contributed by atoms with van der Waals surface area (Å²) < 4.78 is 78.5. The summed E-state index contributed by atoms with van der Waals surface area (Å²) in [5, 5.41) is 11.9. The molecule has 2 aromatic carbocycles. The van der Waals surface area contributed by atoms with Crippen LogP contribution in [0.4, 0.5) is 23.7 Å².